The molecule has 144 valence electrons. The third kappa shape index (κ3) is 3.28. The Kier molecular flexibility index (Phi) is 5.09. The van der Waals surface area contributed by atoms with Crippen LogP contribution in [0.15, 0.2) is 24.3 Å². The maximum atomic E-state index is 13.5. The first-order chi connectivity index (χ1) is 13.5. The van der Waals surface area contributed by atoms with Crippen LogP contribution in [0.1, 0.15) is 26.8 Å². The predicted octanol–water partition coefficient (Wildman–Crippen LogP) is 4.52. The largest absolute Gasteiger partial charge is 0.383 e. The fraction of sp³-hybridized carbons (Fsp3) is 0.300. The Morgan fingerprint density at radius 1 is 1.11 bits per heavy atom. The number of hydrogen-bond acceptors (Lipinski definition) is 7. The Labute approximate surface area is 170 Å². The fourth-order valence-electron chi connectivity index (χ4n) is 3.24. The summed E-state index contributed by atoms with van der Waals surface area (Å²) in [6, 6.07) is 7.90. The number of rotatable bonds is 5. The van der Waals surface area contributed by atoms with Gasteiger partial charge in [0.15, 0.2) is 5.13 Å². The van der Waals surface area contributed by atoms with E-state index in [9.17, 15) is 4.79 Å². The average molecular weight is 413 g/mol. The predicted molar refractivity (Wildman–Crippen MR) is 115 cm³/mol. The summed E-state index contributed by atoms with van der Waals surface area (Å²) in [5.41, 5.74) is 2.72. The second kappa shape index (κ2) is 7.54. The second-order valence-electron chi connectivity index (χ2n) is 6.51. The summed E-state index contributed by atoms with van der Waals surface area (Å²) in [6.45, 7) is 6.66. The number of thiophene rings is 1. The van der Waals surface area contributed by atoms with Crippen molar-refractivity contribution in [2.75, 3.05) is 25.2 Å². The monoisotopic (exact) mass is 412 g/mol. The van der Waals surface area contributed by atoms with Crippen molar-refractivity contribution in [1.82, 2.24) is 15.0 Å². The van der Waals surface area contributed by atoms with Gasteiger partial charge >= 0.3 is 0 Å². The number of carbonyl (C=O) groups excluding carboxylic acids is 1. The van der Waals surface area contributed by atoms with Crippen LogP contribution in [-0.2, 0) is 4.74 Å². The number of benzene rings is 1. The SMILES string of the molecule is COCCN(C(=O)c1sc2nc(C)nc(C)c2c1C)c1nc2ccccc2s1. The van der Waals surface area contributed by atoms with Gasteiger partial charge < -0.3 is 4.74 Å². The van der Waals surface area contributed by atoms with Crippen molar-refractivity contribution in [1.29, 1.82) is 0 Å². The number of ether oxygens (including phenoxy) is 1. The second-order valence-corrected chi connectivity index (χ2v) is 8.51. The summed E-state index contributed by atoms with van der Waals surface area (Å²) in [5.74, 6) is 0.640. The minimum atomic E-state index is -0.0753. The number of aromatic nitrogens is 3. The molecule has 4 aromatic rings. The molecule has 1 amide bonds. The van der Waals surface area contributed by atoms with Crippen LogP contribution < -0.4 is 4.90 Å². The molecule has 6 nitrogen and oxygen atoms in total. The van der Waals surface area contributed by atoms with Gasteiger partial charge in [0.1, 0.15) is 10.7 Å². The number of aryl methyl sites for hydroxylation is 3. The van der Waals surface area contributed by atoms with Gasteiger partial charge in [-0.15, -0.1) is 11.3 Å². The van der Waals surface area contributed by atoms with E-state index in [2.05, 4.69) is 15.0 Å². The number of thiazole rings is 1. The Morgan fingerprint density at radius 2 is 1.89 bits per heavy atom. The Bertz CT molecular complexity index is 1150. The van der Waals surface area contributed by atoms with E-state index in [1.165, 1.54) is 22.7 Å². The summed E-state index contributed by atoms with van der Waals surface area (Å²) in [7, 11) is 1.63. The highest BCUT2D eigenvalue weighted by Crippen LogP contribution is 2.35. The molecular formula is C20H20N4O2S2. The van der Waals surface area contributed by atoms with Crippen molar-refractivity contribution in [2.24, 2.45) is 0 Å². The van der Waals surface area contributed by atoms with Crippen LogP contribution in [0, 0.1) is 20.8 Å². The standard InChI is InChI=1S/C20H20N4O2S2/c1-11-16-12(2)21-13(3)22-18(16)28-17(11)19(25)24(9-10-26-4)20-23-14-7-5-6-8-15(14)27-20/h5-8H,9-10H2,1-4H3. The molecule has 1 aromatic carbocycles. The molecule has 0 bridgehead atoms. The zero-order valence-electron chi connectivity index (χ0n) is 16.1. The van der Waals surface area contributed by atoms with Crippen molar-refractivity contribution in [3.8, 4) is 0 Å². The van der Waals surface area contributed by atoms with E-state index >= 15 is 0 Å². The number of anilines is 1. The van der Waals surface area contributed by atoms with E-state index in [0.29, 0.717) is 29.0 Å². The topological polar surface area (TPSA) is 68.2 Å². The van der Waals surface area contributed by atoms with Crippen LogP contribution in [-0.4, -0.2) is 41.1 Å². The van der Waals surface area contributed by atoms with Crippen molar-refractivity contribution in [3.63, 3.8) is 0 Å². The minimum Gasteiger partial charge on any atom is -0.383 e. The first-order valence-corrected chi connectivity index (χ1v) is 10.5. The molecule has 0 aliphatic carbocycles. The fourth-order valence-corrected chi connectivity index (χ4v) is 5.46. The van der Waals surface area contributed by atoms with E-state index in [1.807, 2.05) is 45.0 Å². The summed E-state index contributed by atoms with van der Waals surface area (Å²) < 4.78 is 6.30. The van der Waals surface area contributed by atoms with Crippen LogP contribution >= 0.6 is 22.7 Å². The van der Waals surface area contributed by atoms with Gasteiger partial charge in [0.2, 0.25) is 0 Å². The highest BCUT2D eigenvalue weighted by molar-refractivity contribution is 7.23. The lowest BCUT2D eigenvalue weighted by Crippen LogP contribution is -2.33. The van der Waals surface area contributed by atoms with Gasteiger partial charge in [-0.3, -0.25) is 9.69 Å². The van der Waals surface area contributed by atoms with Gasteiger partial charge in [-0.1, -0.05) is 23.5 Å². The molecule has 0 aliphatic rings. The quantitative estimate of drug-likeness (QED) is 0.482. The Hall–Kier alpha value is -2.42. The Morgan fingerprint density at radius 3 is 2.64 bits per heavy atom. The number of amides is 1. The van der Waals surface area contributed by atoms with Crippen molar-refractivity contribution in [3.05, 3.63) is 46.2 Å². The van der Waals surface area contributed by atoms with Crippen molar-refractivity contribution < 1.29 is 9.53 Å². The van der Waals surface area contributed by atoms with E-state index in [4.69, 9.17) is 4.74 Å². The summed E-state index contributed by atoms with van der Waals surface area (Å²) in [4.78, 5) is 30.4. The molecule has 4 rings (SSSR count). The van der Waals surface area contributed by atoms with Gasteiger partial charge in [0, 0.05) is 18.2 Å². The third-order valence-corrected chi connectivity index (χ3v) is 6.79. The molecule has 8 heteroatoms. The number of hydrogen-bond donors (Lipinski definition) is 0. The smallest absolute Gasteiger partial charge is 0.270 e. The van der Waals surface area contributed by atoms with E-state index < -0.39 is 0 Å². The molecule has 0 spiro atoms. The van der Waals surface area contributed by atoms with Crippen LogP contribution in [0.4, 0.5) is 5.13 Å². The van der Waals surface area contributed by atoms with Gasteiger partial charge in [-0.25, -0.2) is 15.0 Å². The third-order valence-electron chi connectivity index (χ3n) is 4.55. The molecule has 0 radical (unpaired) electrons. The molecule has 3 heterocycles. The Balaban J connectivity index is 1.80. The molecule has 28 heavy (non-hydrogen) atoms. The number of fused-ring (bicyclic) bond motifs is 2. The zero-order chi connectivity index (χ0) is 19.8. The lowest BCUT2D eigenvalue weighted by atomic mass is 10.1. The summed E-state index contributed by atoms with van der Waals surface area (Å²) in [6.07, 6.45) is 0. The van der Waals surface area contributed by atoms with E-state index in [-0.39, 0.29) is 5.91 Å². The van der Waals surface area contributed by atoms with Gasteiger partial charge in [0.05, 0.1) is 28.2 Å². The van der Waals surface area contributed by atoms with Crippen molar-refractivity contribution >= 4 is 54.1 Å². The first-order valence-electron chi connectivity index (χ1n) is 8.90. The lowest BCUT2D eigenvalue weighted by Gasteiger charge is -2.19. The van der Waals surface area contributed by atoms with Gasteiger partial charge in [-0.05, 0) is 38.5 Å². The van der Waals surface area contributed by atoms with E-state index in [1.54, 1.807) is 12.0 Å². The number of methoxy groups -OCH3 is 1. The van der Waals surface area contributed by atoms with Crippen LogP contribution in [0.3, 0.4) is 0 Å². The zero-order valence-corrected chi connectivity index (χ0v) is 17.8. The molecular weight excluding hydrogens is 392 g/mol. The minimum absolute atomic E-state index is 0.0753. The van der Waals surface area contributed by atoms with Crippen LogP contribution in [0.25, 0.3) is 20.4 Å². The molecule has 0 unspecified atom stereocenters. The lowest BCUT2D eigenvalue weighted by molar-refractivity contribution is 0.0979. The van der Waals surface area contributed by atoms with E-state index in [0.717, 1.165) is 31.7 Å². The molecule has 0 N–H and O–H groups in total. The molecule has 0 aliphatic heterocycles. The normalized spacial score (nSPS) is 11.4. The molecule has 3 aromatic heterocycles. The highest BCUT2D eigenvalue weighted by atomic mass is 32.1. The maximum absolute atomic E-state index is 13.5. The highest BCUT2D eigenvalue weighted by Gasteiger charge is 2.26. The summed E-state index contributed by atoms with van der Waals surface area (Å²) >= 11 is 2.93. The van der Waals surface area contributed by atoms with Gasteiger partial charge in [0.25, 0.3) is 5.91 Å². The molecule has 0 fully saturated rings. The number of carbonyl (C=O) groups is 1. The summed E-state index contributed by atoms with van der Waals surface area (Å²) in [5, 5.41) is 1.65. The van der Waals surface area contributed by atoms with Crippen LogP contribution in [0.2, 0.25) is 0 Å². The first kappa shape index (κ1) is 18.9. The maximum Gasteiger partial charge on any atom is 0.270 e. The molecule has 0 saturated heterocycles. The number of nitrogens with zero attached hydrogens (tertiary/aromatic N) is 4. The number of para-hydroxylation sites is 1. The molecule has 0 saturated carbocycles. The van der Waals surface area contributed by atoms with Crippen LogP contribution in [0.5, 0.6) is 0 Å². The molecule has 0 atom stereocenters. The van der Waals surface area contributed by atoms with Gasteiger partial charge in [-0.2, -0.15) is 0 Å². The van der Waals surface area contributed by atoms with Crippen molar-refractivity contribution in [2.45, 2.75) is 20.8 Å². The average Bonchev–Trinajstić information content (AvgIpc) is 3.23.